The van der Waals surface area contributed by atoms with E-state index in [9.17, 15) is 13.2 Å². The lowest BCUT2D eigenvalue weighted by Crippen LogP contribution is -2.37. The monoisotopic (exact) mass is 327 g/mol. The lowest BCUT2D eigenvalue weighted by Gasteiger charge is -2.17. The molecule has 0 unspecified atom stereocenters. The van der Waals surface area contributed by atoms with Gasteiger partial charge in [-0.25, -0.2) is 8.42 Å². The minimum atomic E-state index is -2.89. The predicted molar refractivity (Wildman–Crippen MR) is 82.1 cm³/mol. The molecule has 1 N–H and O–H groups in total. The third kappa shape index (κ3) is 3.09. The third-order valence-corrected chi connectivity index (χ3v) is 6.51. The van der Waals surface area contributed by atoms with Crippen molar-refractivity contribution in [2.75, 3.05) is 18.1 Å². The summed E-state index contributed by atoms with van der Waals surface area (Å²) in [4.78, 5) is 12.5. The van der Waals surface area contributed by atoms with E-state index in [4.69, 9.17) is 11.6 Å². The second-order valence-corrected chi connectivity index (χ2v) is 8.74. The molecular formula is C15H18ClNO3S. The zero-order chi connectivity index (χ0) is 15.1. The van der Waals surface area contributed by atoms with E-state index in [0.717, 1.165) is 18.4 Å². The smallest absolute Gasteiger partial charge is 0.230 e. The summed E-state index contributed by atoms with van der Waals surface area (Å²) < 4.78 is 22.9. The van der Waals surface area contributed by atoms with Crippen LogP contribution < -0.4 is 5.32 Å². The van der Waals surface area contributed by atoms with Gasteiger partial charge in [-0.3, -0.25) is 4.79 Å². The van der Waals surface area contributed by atoms with Gasteiger partial charge in [0.15, 0.2) is 9.84 Å². The fraction of sp³-hybridized carbons (Fsp3) is 0.533. The number of benzene rings is 1. The standard InChI is InChI=1S/C15H18ClNO3S/c16-13-3-1-2-12(8-13)15(5-6-15)14(18)17-9-11-4-7-21(19,20)10-11/h1-3,8,11H,4-7,9-10H2,(H,17,18)/t11-/m1/s1. The van der Waals surface area contributed by atoms with Crippen LogP contribution in [0.2, 0.25) is 5.02 Å². The number of sulfone groups is 1. The van der Waals surface area contributed by atoms with Gasteiger partial charge >= 0.3 is 0 Å². The van der Waals surface area contributed by atoms with Crippen LogP contribution in [-0.2, 0) is 20.0 Å². The quantitative estimate of drug-likeness (QED) is 0.919. The van der Waals surface area contributed by atoms with Crippen LogP contribution in [0.4, 0.5) is 0 Å². The summed E-state index contributed by atoms with van der Waals surface area (Å²) in [5.74, 6) is 0.480. The highest BCUT2D eigenvalue weighted by atomic mass is 35.5. The maximum Gasteiger partial charge on any atom is 0.230 e. The van der Waals surface area contributed by atoms with Crippen LogP contribution in [0.25, 0.3) is 0 Å². The molecule has 1 aliphatic carbocycles. The van der Waals surface area contributed by atoms with E-state index in [2.05, 4.69) is 5.32 Å². The number of hydrogen-bond acceptors (Lipinski definition) is 3. The molecule has 1 aromatic rings. The Morgan fingerprint density at radius 3 is 2.71 bits per heavy atom. The molecule has 1 heterocycles. The van der Waals surface area contributed by atoms with Crippen molar-refractivity contribution in [2.45, 2.75) is 24.7 Å². The van der Waals surface area contributed by atoms with Gasteiger partial charge in [0.25, 0.3) is 0 Å². The molecule has 2 aliphatic rings. The highest BCUT2D eigenvalue weighted by molar-refractivity contribution is 7.91. The second-order valence-electron chi connectivity index (χ2n) is 6.07. The van der Waals surface area contributed by atoms with Crippen molar-refractivity contribution in [3.63, 3.8) is 0 Å². The van der Waals surface area contributed by atoms with Gasteiger partial charge in [0.1, 0.15) is 0 Å². The van der Waals surface area contributed by atoms with E-state index in [1.165, 1.54) is 0 Å². The minimum Gasteiger partial charge on any atom is -0.355 e. The van der Waals surface area contributed by atoms with Crippen LogP contribution in [0, 0.1) is 5.92 Å². The normalized spacial score (nSPS) is 25.5. The summed E-state index contributed by atoms with van der Waals surface area (Å²) in [5, 5.41) is 3.57. The summed E-state index contributed by atoms with van der Waals surface area (Å²) in [6.45, 7) is 0.445. The Morgan fingerprint density at radius 2 is 2.14 bits per heavy atom. The molecular weight excluding hydrogens is 310 g/mol. The van der Waals surface area contributed by atoms with Crippen molar-refractivity contribution < 1.29 is 13.2 Å². The maximum atomic E-state index is 12.5. The Hall–Kier alpha value is -1.07. The number of carbonyl (C=O) groups excluding carboxylic acids is 1. The third-order valence-electron chi connectivity index (χ3n) is 4.44. The molecule has 21 heavy (non-hydrogen) atoms. The van der Waals surface area contributed by atoms with Crippen molar-refractivity contribution >= 4 is 27.3 Å². The number of hydrogen-bond donors (Lipinski definition) is 1. The first-order valence-electron chi connectivity index (χ1n) is 7.16. The maximum absolute atomic E-state index is 12.5. The molecule has 0 spiro atoms. The molecule has 0 bridgehead atoms. The first-order valence-corrected chi connectivity index (χ1v) is 9.36. The summed E-state index contributed by atoms with van der Waals surface area (Å²) in [5.41, 5.74) is 0.495. The molecule has 1 aliphatic heterocycles. The van der Waals surface area contributed by atoms with Crippen LogP contribution in [0.15, 0.2) is 24.3 Å². The van der Waals surface area contributed by atoms with Crippen molar-refractivity contribution in [2.24, 2.45) is 5.92 Å². The Morgan fingerprint density at radius 1 is 1.38 bits per heavy atom. The van der Waals surface area contributed by atoms with Crippen LogP contribution in [0.1, 0.15) is 24.8 Å². The zero-order valence-electron chi connectivity index (χ0n) is 11.6. The van der Waals surface area contributed by atoms with E-state index in [1.807, 2.05) is 18.2 Å². The largest absolute Gasteiger partial charge is 0.355 e. The highest BCUT2D eigenvalue weighted by Gasteiger charge is 2.51. The average Bonchev–Trinajstić information content (AvgIpc) is 3.16. The highest BCUT2D eigenvalue weighted by Crippen LogP contribution is 2.48. The lowest BCUT2D eigenvalue weighted by atomic mass is 9.94. The SMILES string of the molecule is O=C(NC[C@H]1CCS(=O)(=O)C1)C1(c2cccc(Cl)c2)CC1. The molecule has 1 saturated heterocycles. The van der Waals surface area contributed by atoms with Gasteiger partial charge in [0, 0.05) is 11.6 Å². The Kier molecular flexibility index (Phi) is 3.74. The molecule has 0 aromatic heterocycles. The minimum absolute atomic E-state index is 0.00550. The van der Waals surface area contributed by atoms with Crippen LogP contribution in [-0.4, -0.2) is 32.4 Å². The molecule has 1 saturated carbocycles. The molecule has 2 fully saturated rings. The molecule has 1 aromatic carbocycles. The number of nitrogens with one attached hydrogen (secondary N) is 1. The van der Waals surface area contributed by atoms with Gasteiger partial charge in [-0.1, -0.05) is 23.7 Å². The van der Waals surface area contributed by atoms with Crippen molar-refractivity contribution in [1.82, 2.24) is 5.32 Å². The molecule has 1 amide bonds. The molecule has 3 rings (SSSR count). The fourth-order valence-electron chi connectivity index (χ4n) is 3.00. The first kappa shape index (κ1) is 14.9. The van der Waals surface area contributed by atoms with Gasteiger partial charge in [0.05, 0.1) is 16.9 Å². The summed E-state index contributed by atoms with van der Waals surface area (Å²) in [7, 11) is -2.89. The van der Waals surface area contributed by atoms with Gasteiger partial charge in [0.2, 0.25) is 5.91 Å². The summed E-state index contributed by atoms with van der Waals surface area (Å²) >= 11 is 6.00. The Balaban J connectivity index is 1.63. The molecule has 0 radical (unpaired) electrons. The molecule has 6 heteroatoms. The van der Waals surface area contributed by atoms with E-state index < -0.39 is 15.3 Å². The van der Waals surface area contributed by atoms with Crippen LogP contribution in [0.5, 0.6) is 0 Å². The molecule has 4 nitrogen and oxygen atoms in total. The zero-order valence-corrected chi connectivity index (χ0v) is 13.2. The van der Waals surface area contributed by atoms with Crippen molar-refractivity contribution in [1.29, 1.82) is 0 Å². The topological polar surface area (TPSA) is 63.2 Å². The van der Waals surface area contributed by atoms with E-state index >= 15 is 0 Å². The fourth-order valence-corrected chi connectivity index (χ4v) is 5.05. The van der Waals surface area contributed by atoms with Crippen molar-refractivity contribution in [3.05, 3.63) is 34.9 Å². The number of amides is 1. The second kappa shape index (κ2) is 5.29. The number of carbonyl (C=O) groups is 1. The Bertz CT molecular complexity index is 667. The average molecular weight is 328 g/mol. The Labute approximate surface area is 129 Å². The van der Waals surface area contributed by atoms with Gasteiger partial charge in [-0.15, -0.1) is 0 Å². The van der Waals surface area contributed by atoms with Gasteiger partial charge in [-0.2, -0.15) is 0 Å². The lowest BCUT2D eigenvalue weighted by molar-refractivity contribution is -0.123. The van der Waals surface area contributed by atoms with E-state index in [-0.39, 0.29) is 23.3 Å². The molecule has 1 atom stereocenters. The number of rotatable bonds is 4. The number of halogens is 1. The molecule has 114 valence electrons. The van der Waals surface area contributed by atoms with E-state index in [0.29, 0.717) is 18.0 Å². The van der Waals surface area contributed by atoms with Crippen LogP contribution >= 0.6 is 11.6 Å². The first-order chi connectivity index (χ1) is 9.91. The summed E-state index contributed by atoms with van der Waals surface area (Å²) in [6, 6.07) is 7.42. The van der Waals surface area contributed by atoms with Gasteiger partial charge < -0.3 is 5.32 Å². The van der Waals surface area contributed by atoms with Gasteiger partial charge in [-0.05, 0) is 42.9 Å². The van der Waals surface area contributed by atoms with Crippen molar-refractivity contribution in [3.8, 4) is 0 Å². The predicted octanol–water partition coefficient (Wildman–Crippen LogP) is 1.92. The van der Waals surface area contributed by atoms with E-state index in [1.54, 1.807) is 6.07 Å². The van der Waals surface area contributed by atoms with Crippen LogP contribution in [0.3, 0.4) is 0 Å². The summed E-state index contributed by atoms with van der Waals surface area (Å²) in [6.07, 6.45) is 2.29.